The Bertz CT molecular complexity index is 1020. The predicted molar refractivity (Wildman–Crippen MR) is 122 cm³/mol. The van der Waals surface area contributed by atoms with Crippen molar-refractivity contribution in [1.29, 1.82) is 0 Å². The molecule has 10 heteroatoms. The van der Waals surface area contributed by atoms with Crippen LogP contribution in [-0.4, -0.2) is 62.3 Å². The lowest BCUT2D eigenvalue weighted by atomic mass is 10.2. The Hall–Kier alpha value is -2.40. The van der Waals surface area contributed by atoms with Crippen molar-refractivity contribution >= 4 is 45.0 Å². The van der Waals surface area contributed by atoms with E-state index in [-0.39, 0.29) is 28.2 Å². The van der Waals surface area contributed by atoms with Crippen molar-refractivity contribution in [2.24, 2.45) is 0 Å². The second-order valence-corrected chi connectivity index (χ2v) is 9.92. The quantitative estimate of drug-likeness (QED) is 0.623. The summed E-state index contributed by atoms with van der Waals surface area (Å²) in [5, 5.41) is 5.46. The number of benzene rings is 2. The standard InChI is InChI=1S/C21H25N3O5S2/c1-16-5-7-17(8-6-16)22-20(25)14-30-15-21(26)23-18-3-2-4-19(13-18)31(27,28)24-9-11-29-12-10-24/h2-8,13H,9-12,14-15H2,1H3,(H,22,25)(H,23,26). The molecule has 2 aromatic rings. The maximum atomic E-state index is 12.7. The Morgan fingerprint density at radius 3 is 2.23 bits per heavy atom. The molecule has 1 heterocycles. The molecule has 3 rings (SSSR count). The number of carbonyl (C=O) groups is 2. The predicted octanol–water partition coefficient (Wildman–Crippen LogP) is 2.33. The number of thioether (sulfide) groups is 1. The van der Waals surface area contributed by atoms with Gasteiger partial charge < -0.3 is 15.4 Å². The van der Waals surface area contributed by atoms with E-state index in [9.17, 15) is 18.0 Å². The van der Waals surface area contributed by atoms with E-state index in [1.54, 1.807) is 12.1 Å². The number of amides is 2. The fraction of sp³-hybridized carbons (Fsp3) is 0.333. The van der Waals surface area contributed by atoms with Gasteiger partial charge in [-0.3, -0.25) is 9.59 Å². The third-order valence-corrected chi connectivity index (χ3v) is 7.35. The summed E-state index contributed by atoms with van der Waals surface area (Å²) >= 11 is 1.18. The van der Waals surface area contributed by atoms with Crippen LogP contribution in [0.5, 0.6) is 0 Å². The average molecular weight is 464 g/mol. The van der Waals surface area contributed by atoms with E-state index in [1.165, 1.54) is 28.2 Å². The maximum Gasteiger partial charge on any atom is 0.243 e. The first-order valence-corrected chi connectivity index (χ1v) is 12.4. The minimum atomic E-state index is -3.64. The molecule has 0 unspecified atom stereocenters. The lowest BCUT2D eigenvalue weighted by Gasteiger charge is -2.26. The fourth-order valence-electron chi connectivity index (χ4n) is 2.94. The number of nitrogens with one attached hydrogen (secondary N) is 2. The highest BCUT2D eigenvalue weighted by Gasteiger charge is 2.26. The summed E-state index contributed by atoms with van der Waals surface area (Å²) in [7, 11) is -3.64. The molecular weight excluding hydrogens is 438 g/mol. The summed E-state index contributed by atoms with van der Waals surface area (Å²) < 4.78 is 32.1. The van der Waals surface area contributed by atoms with Gasteiger partial charge in [0.1, 0.15) is 0 Å². The van der Waals surface area contributed by atoms with E-state index >= 15 is 0 Å². The van der Waals surface area contributed by atoms with Crippen molar-refractivity contribution in [3.63, 3.8) is 0 Å². The average Bonchev–Trinajstić information content (AvgIpc) is 2.76. The van der Waals surface area contributed by atoms with Gasteiger partial charge in [-0.05, 0) is 37.3 Å². The molecule has 2 aromatic carbocycles. The molecular formula is C21H25N3O5S2. The van der Waals surface area contributed by atoms with Gasteiger partial charge in [0.15, 0.2) is 0 Å². The monoisotopic (exact) mass is 463 g/mol. The third-order valence-electron chi connectivity index (χ3n) is 4.53. The van der Waals surface area contributed by atoms with Crippen LogP contribution in [0.25, 0.3) is 0 Å². The summed E-state index contributed by atoms with van der Waals surface area (Å²) in [4.78, 5) is 24.3. The van der Waals surface area contributed by atoms with Gasteiger partial charge in [-0.1, -0.05) is 23.8 Å². The van der Waals surface area contributed by atoms with Crippen LogP contribution < -0.4 is 10.6 Å². The Labute approximate surface area is 186 Å². The SMILES string of the molecule is Cc1ccc(NC(=O)CSCC(=O)Nc2cccc(S(=O)(=O)N3CCOCC3)c2)cc1. The first-order valence-electron chi connectivity index (χ1n) is 9.77. The van der Waals surface area contributed by atoms with E-state index in [0.29, 0.717) is 37.7 Å². The van der Waals surface area contributed by atoms with Crippen molar-refractivity contribution in [3.05, 3.63) is 54.1 Å². The first-order chi connectivity index (χ1) is 14.8. The van der Waals surface area contributed by atoms with E-state index in [4.69, 9.17) is 4.74 Å². The smallest absolute Gasteiger partial charge is 0.243 e. The Morgan fingerprint density at radius 2 is 1.58 bits per heavy atom. The minimum absolute atomic E-state index is 0.0712. The number of hydrogen-bond acceptors (Lipinski definition) is 6. The van der Waals surface area contributed by atoms with Gasteiger partial charge in [0.2, 0.25) is 21.8 Å². The molecule has 1 fully saturated rings. The van der Waals surface area contributed by atoms with Crippen LogP contribution in [0.3, 0.4) is 0 Å². The van der Waals surface area contributed by atoms with Gasteiger partial charge in [0, 0.05) is 24.5 Å². The highest BCUT2D eigenvalue weighted by atomic mass is 32.2. The largest absolute Gasteiger partial charge is 0.379 e. The van der Waals surface area contributed by atoms with Gasteiger partial charge in [0.05, 0.1) is 29.6 Å². The van der Waals surface area contributed by atoms with Gasteiger partial charge in [0.25, 0.3) is 0 Å². The van der Waals surface area contributed by atoms with E-state index in [2.05, 4.69) is 10.6 Å². The van der Waals surface area contributed by atoms with Gasteiger partial charge in [-0.15, -0.1) is 11.8 Å². The van der Waals surface area contributed by atoms with Crippen LogP contribution >= 0.6 is 11.8 Å². The summed E-state index contributed by atoms with van der Waals surface area (Å²) in [6, 6.07) is 13.6. The van der Waals surface area contributed by atoms with Gasteiger partial charge in [-0.25, -0.2) is 8.42 Å². The van der Waals surface area contributed by atoms with Crippen LogP contribution in [0, 0.1) is 6.92 Å². The number of rotatable bonds is 8. The van der Waals surface area contributed by atoms with Crippen LogP contribution in [0.1, 0.15) is 5.56 Å². The molecule has 2 N–H and O–H groups in total. The Morgan fingerprint density at radius 1 is 0.968 bits per heavy atom. The lowest BCUT2D eigenvalue weighted by Crippen LogP contribution is -2.40. The molecule has 0 bridgehead atoms. The molecule has 166 valence electrons. The van der Waals surface area contributed by atoms with Crippen molar-refractivity contribution < 1.29 is 22.7 Å². The van der Waals surface area contributed by atoms with Crippen molar-refractivity contribution in [1.82, 2.24) is 4.31 Å². The Balaban J connectivity index is 1.48. The summed E-state index contributed by atoms with van der Waals surface area (Å²) in [5.74, 6) is -0.302. The molecule has 1 saturated heterocycles. The zero-order valence-corrected chi connectivity index (χ0v) is 18.8. The number of anilines is 2. The third kappa shape index (κ3) is 6.79. The van der Waals surface area contributed by atoms with Gasteiger partial charge >= 0.3 is 0 Å². The van der Waals surface area contributed by atoms with E-state index in [0.717, 1.165) is 5.56 Å². The number of sulfonamides is 1. The molecule has 0 saturated carbocycles. The molecule has 2 amide bonds. The molecule has 8 nitrogen and oxygen atoms in total. The molecule has 1 aliphatic heterocycles. The summed E-state index contributed by atoms with van der Waals surface area (Å²) in [6.07, 6.45) is 0. The second kappa shape index (κ2) is 10.8. The number of carbonyl (C=O) groups excluding carboxylic acids is 2. The van der Waals surface area contributed by atoms with Crippen molar-refractivity contribution in [2.75, 3.05) is 48.4 Å². The van der Waals surface area contributed by atoms with Crippen molar-refractivity contribution in [3.8, 4) is 0 Å². The molecule has 0 aliphatic carbocycles. The van der Waals surface area contributed by atoms with Crippen LogP contribution in [-0.2, 0) is 24.3 Å². The molecule has 0 aromatic heterocycles. The van der Waals surface area contributed by atoms with Crippen LogP contribution in [0.15, 0.2) is 53.4 Å². The molecule has 0 radical (unpaired) electrons. The number of morpholine rings is 1. The van der Waals surface area contributed by atoms with E-state index in [1.807, 2.05) is 31.2 Å². The number of ether oxygens (including phenoxy) is 1. The first kappa shape index (κ1) is 23.3. The van der Waals surface area contributed by atoms with Crippen LogP contribution in [0.4, 0.5) is 11.4 Å². The molecule has 1 aliphatic rings. The Kier molecular flexibility index (Phi) is 8.08. The zero-order chi connectivity index (χ0) is 22.3. The van der Waals surface area contributed by atoms with Crippen LogP contribution in [0.2, 0.25) is 0 Å². The minimum Gasteiger partial charge on any atom is -0.379 e. The second-order valence-electron chi connectivity index (χ2n) is 7.00. The summed E-state index contributed by atoms with van der Waals surface area (Å²) in [5.41, 5.74) is 2.20. The highest BCUT2D eigenvalue weighted by Crippen LogP contribution is 2.21. The number of aryl methyl sites for hydroxylation is 1. The highest BCUT2D eigenvalue weighted by molar-refractivity contribution is 8.00. The van der Waals surface area contributed by atoms with Gasteiger partial charge in [-0.2, -0.15) is 4.31 Å². The topological polar surface area (TPSA) is 105 Å². The zero-order valence-electron chi connectivity index (χ0n) is 17.2. The number of nitrogens with zero attached hydrogens (tertiary/aromatic N) is 1. The van der Waals surface area contributed by atoms with E-state index < -0.39 is 10.0 Å². The normalized spacial score (nSPS) is 14.7. The maximum absolute atomic E-state index is 12.7. The molecule has 31 heavy (non-hydrogen) atoms. The van der Waals surface area contributed by atoms with Crippen molar-refractivity contribution in [2.45, 2.75) is 11.8 Å². The summed E-state index contributed by atoms with van der Waals surface area (Å²) in [6.45, 7) is 3.31. The molecule has 0 atom stereocenters. The molecule has 0 spiro atoms. The number of hydrogen-bond donors (Lipinski definition) is 2. The fourth-order valence-corrected chi connectivity index (χ4v) is 5.01. The lowest BCUT2D eigenvalue weighted by molar-refractivity contribution is -0.114.